The van der Waals surface area contributed by atoms with Crippen molar-refractivity contribution in [2.24, 2.45) is 0 Å². The summed E-state index contributed by atoms with van der Waals surface area (Å²) in [5, 5.41) is 0. The highest BCUT2D eigenvalue weighted by Gasteiger charge is 2.30. The Labute approximate surface area is 153 Å². The van der Waals surface area contributed by atoms with Gasteiger partial charge in [0.05, 0.1) is 5.56 Å². The lowest BCUT2D eigenvalue weighted by Gasteiger charge is -2.17. The minimum Gasteiger partial charge on any atom is -0.166 e. The molecule has 136 valence electrons. The Balaban J connectivity index is 1.65. The summed E-state index contributed by atoms with van der Waals surface area (Å²) in [5.41, 5.74) is 5.58. The van der Waals surface area contributed by atoms with E-state index in [1.165, 1.54) is 36.1 Å². The van der Waals surface area contributed by atoms with Gasteiger partial charge in [-0.1, -0.05) is 43.5 Å². The first kappa shape index (κ1) is 18.5. The summed E-state index contributed by atoms with van der Waals surface area (Å²) >= 11 is 0. The van der Waals surface area contributed by atoms with Crippen molar-refractivity contribution < 1.29 is 13.2 Å². The van der Waals surface area contributed by atoms with Gasteiger partial charge in [-0.15, -0.1) is 0 Å². The molecule has 0 radical (unpaired) electrons. The number of benzene rings is 2. The van der Waals surface area contributed by atoms with Crippen LogP contribution in [-0.4, -0.2) is 0 Å². The molecular formula is C23H23F3. The van der Waals surface area contributed by atoms with E-state index >= 15 is 0 Å². The van der Waals surface area contributed by atoms with Gasteiger partial charge in [-0.25, -0.2) is 0 Å². The largest absolute Gasteiger partial charge is 0.416 e. The van der Waals surface area contributed by atoms with Gasteiger partial charge in [0.15, 0.2) is 0 Å². The van der Waals surface area contributed by atoms with Crippen molar-refractivity contribution >= 4 is 11.1 Å². The van der Waals surface area contributed by atoms with E-state index < -0.39 is 11.7 Å². The number of rotatable bonds is 5. The van der Waals surface area contributed by atoms with Gasteiger partial charge in [0.2, 0.25) is 0 Å². The molecule has 0 bridgehead atoms. The molecule has 0 aliphatic heterocycles. The predicted molar refractivity (Wildman–Crippen MR) is 102 cm³/mol. The zero-order chi connectivity index (χ0) is 18.7. The van der Waals surface area contributed by atoms with Crippen LogP contribution in [0.2, 0.25) is 0 Å². The highest BCUT2D eigenvalue weighted by atomic mass is 19.4. The number of fused-ring (bicyclic) bond motifs is 1. The molecule has 3 rings (SSSR count). The molecular weight excluding hydrogens is 333 g/mol. The fraction of sp³-hybridized carbons (Fsp3) is 0.304. The highest BCUT2D eigenvalue weighted by molar-refractivity contribution is 5.69. The van der Waals surface area contributed by atoms with Gasteiger partial charge in [-0.05, 0) is 84.1 Å². The molecule has 1 aliphatic carbocycles. The summed E-state index contributed by atoms with van der Waals surface area (Å²) in [5.74, 6) is 0. The van der Waals surface area contributed by atoms with Crippen molar-refractivity contribution in [3.8, 4) is 0 Å². The third-order valence-electron chi connectivity index (χ3n) is 5.08. The van der Waals surface area contributed by atoms with Crippen molar-refractivity contribution in [2.45, 2.75) is 44.7 Å². The molecule has 0 aromatic heterocycles. The number of hydrogen-bond acceptors (Lipinski definition) is 0. The number of hydrogen-bond donors (Lipinski definition) is 0. The maximum atomic E-state index is 12.9. The fourth-order valence-corrected chi connectivity index (χ4v) is 3.46. The molecule has 0 fully saturated rings. The van der Waals surface area contributed by atoms with Gasteiger partial charge in [0.1, 0.15) is 0 Å². The highest BCUT2D eigenvalue weighted by Crippen LogP contribution is 2.32. The van der Waals surface area contributed by atoms with E-state index in [0.717, 1.165) is 30.0 Å². The van der Waals surface area contributed by atoms with Gasteiger partial charge >= 0.3 is 6.18 Å². The first-order valence-corrected chi connectivity index (χ1v) is 9.00. The predicted octanol–water partition coefficient (Wildman–Crippen LogP) is 7.09. The van der Waals surface area contributed by atoms with Crippen molar-refractivity contribution in [2.75, 3.05) is 0 Å². The molecule has 26 heavy (non-hydrogen) atoms. The molecule has 0 heterocycles. The zero-order valence-electron chi connectivity index (χ0n) is 14.8. The second-order valence-electron chi connectivity index (χ2n) is 6.98. The second kappa shape index (κ2) is 7.53. The lowest BCUT2D eigenvalue weighted by Crippen LogP contribution is -2.05. The minimum atomic E-state index is -4.33. The topological polar surface area (TPSA) is 0 Å². The van der Waals surface area contributed by atoms with Crippen molar-refractivity contribution in [1.29, 1.82) is 0 Å². The molecule has 0 N–H and O–H groups in total. The SMILES string of the molecule is C=C(CCC(=C)c1ccc2c(c1)CCCC2)c1cccc(C(F)(F)F)c1. The van der Waals surface area contributed by atoms with Crippen molar-refractivity contribution in [1.82, 2.24) is 0 Å². The van der Waals surface area contributed by atoms with Crippen LogP contribution in [0.1, 0.15) is 53.5 Å². The van der Waals surface area contributed by atoms with Crippen LogP contribution < -0.4 is 0 Å². The van der Waals surface area contributed by atoms with Gasteiger partial charge in [-0.2, -0.15) is 13.2 Å². The average Bonchev–Trinajstić information content (AvgIpc) is 2.64. The van der Waals surface area contributed by atoms with Crippen LogP contribution >= 0.6 is 0 Å². The third-order valence-corrected chi connectivity index (χ3v) is 5.08. The number of halogens is 3. The fourth-order valence-electron chi connectivity index (χ4n) is 3.46. The Morgan fingerprint density at radius 3 is 2.08 bits per heavy atom. The quantitative estimate of drug-likeness (QED) is 0.536. The van der Waals surface area contributed by atoms with Gasteiger partial charge in [-0.3, -0.25) is 0 Å². The zero-order valence-corrected chi connectivity index (χ0v) is 14.8. The van der Waals surface area contributed by atoms with Crippen molar-refractivity contribution in [3.63, 3.8) is 0 Å². The maximum Gasteiger partial charge on any atom is 0.416 e. The molecule has 0 saturated heterocycles. The number of allylic oxidation sites excluding steroid dienone is 2. The molecule has 2 aromatic carbocycles. The standard InChI is InChI=1S/C23H23F3/c1-16(19-8-5-9-22(15-19)23(24,25)26)10-11-17(2)20-13-12-18-6-3-4-7-21(18)14-20/h5,8-9,12-15H,1-4,6-7,10-11H2. The number of alkyl halides is 3. The Hall–Kier alpha value is -2.29. The Morgan fingerprint density at radius 2 is 1.42 bits per heavy atom. The monoisotopic (exact) mass is 356 g/mol. The van der Waals surface area contributed by atoms with Crippen LogP contribution in [0, 0.1) is 0 Å². The van der Waals surface area contributed by atoms with E-state index in [-0.39, 0.29) is 0 Å². The van der Waals surface area contributed by atoms with Crippen LogP contribution in [0.3, 0.4) is 0 Å². The van der Waals surface area contributed by atoms with Crippen LogP contribution in [0.25, 0.3) is 11.1 Å². The lowest BCUT2D eigenvalue weighted by atomic mass is 9.88. The van der Waals surface area contributed by atoms with Crippen LogP contribution in [-0.2, 0) is 19.0 Å². The average molecular weight is 356 g/mol. The van der Waals surface area contributed by atoms with Gasteiger partial charge in [0, 0.05) is 0 Å². The Bertz CT molecular complexity index is 828. The summed E-state index contributed by atoms with van der Waals surface area (Å²) in [7, 11) is 0. The summed E-state index contributed by atoms with van der Waals surface area (Å²) in [6, 6.07) is 11.9. The normalized spacial score (nSPS) is 14.0. The van der Waals surface area contributed by atoms with Gasteiger partial charge < -0.3 is 0 Å². The summed E-state index contributed by atoms with van der Waals surface area (Å²) in [6.07, 6.45) is 1.70. The molecule has 0 atom stereocenters. The summed E-state index contributed by atoms with van der Waals surface area (Å²) < 4.78 is 38.6. The van der Waals surface area contributed by atoms with E-state index in [1.807, 2.05) is 0 Å². The molecule has 1 aliphatic rings. The first-order valence-electron chi connectivity index (χ1n) is 9.00. The molecule has 0 saturated carbocycles. The minimum absolute atomic E-state index is 0.540. The molecule has 3 heteroatoms. The Morgan fingerprint density at radius 1 is 0.808 bits per heavy atom. The van der Waals surface area contributed by atoms with E-state index in [1.54, 1.807) is 6.07 Å². The number of aryl methyl sites for hydroxylation is 2. The van der Waals surface area contributed by atoms with Crippen LogP contribution in [0.15, 0.2) is 55.6 Å². The van der Waals surface area contributed by atoms with E-state index in [2.05, 4.69) is 31.4 Å². The van der Waals surface area contributed by atoms with Gasteiger partial charge in [0.25, 0.3) is 0 Å². The molecule has 0 amide bonds. The first-order chi connectivity index (χ1) is 12.3. The maximum absolute atomic E-state index is 12.9. The van der Waals surface area contributed by atoms with Crippen LogP contribution in [0.4, 0.5) is 13.2 Å². The molecule has 0 unspecified atom stereocenters. The molecule has 0 nitrogen and oxygen atoms in total. The van der Waals surface area contributed by atoms with Crippen molar-refractivity contribution in [3.05, 3.63) is 83.4 Å². The smallest absolute Gasteiger partial charge is 0.166 e. The van der Waals surface area contributed by atoms with Crippen LogP contribution in [0.5, 0.6) is 0 Å². The summed E-state index contributed by atoms with van der Waals surface area (Å²) in [4.78, 5) is 0. The van der Waals surface area contributed by atoms with E-state index in [4.69, 9.17) is 0 Å². The summed E-state index contributed by atoms with van der Waals surface area (Å²) in [6.45, 7) is 8.15. The second-order valence-corrected chi connectivity index (χ2v) is 6.98. The molecule has 2 aromatic rings. The van der Waals surface area contributed by atoms with E-state index in [9.17, 15) is 13.2 Å². The molecule has 0 spiro atoms. The third kappa shape index (κ3) is 4.27. The lowest BCUT2D eigenvalue weighted by molar-refractivity contribution is -0.137. The van der Waals surface area contributed by atoms with E-state index in [0.29, 0.717) is 24.0 Å². The Kier molecular flexibility index (Phi) is 5.36.